The van der Waals surface area contributed by atoms with Crippen LogP contribution in [0.5, 0.6) is 0 Å². The molecule has 0 amide bonds. The fourth-order valence-electron chi connectivity index (χ4n) is 1.71. The molecule has 0 aromatic heterocycles. The van der Waals surface area contributed by atoms with Crippen LogP contribution in [0.3, 0.4) is 0 Å². The van der Waals surface area contributed by atoms with Crippen molar-refractivity contribution in [2.24, 2.45) is 0 Å². The molecule has 0 saturated carbocycles. The molecule has 0 aromatic carbocycles. The molecular formula is C16H24Pt+2. The van der Waals surface area contributed by atoms with Gasteiger partial charge in [0.05, 0.1) is 0 Å². The number of rotatable bonds is 0. The van der Waals surface area contributed by atoms with Crippen LogP contribution in [-0.4, -0.2) is 0 Å². The molecule has 0 unspecified atom stereocenters. The Morgan fingerprint density at radius 3 is 0.529 bits per heavy atom. The number of hydrogen-bond acceptors (Lipinski definition) is 0. The second kappa shape index (κ2) is 13.7. The van der Waals surface area contributed by atoms with E-state index in [0.29, 0.717) is 0 Å². The van der Waals surface area contributed by atoms with E-state index in [0.717, 1.165) is 0 Å². The maximum atomic E-state index is 2.27. The molecule has 96 valence electrons. The first-order chi connectivity index (χ1) is 8.00. The van der Waals surface area contributed by atoms with Crippen LogP contribution in [0.2, 0.25) is 0 Å². The summed E-state index contributed by atoms with van der Waals surface area (Å²) in [5, 5.41) is 0. The Balaban J connectivity index is 0.000000284. The van der Waals surface area contributed by atoms with E-state index in [4.69, 9.17) is 0 Å². The molecule has 2 aliphatic rings. The van der Waals surface area contributed by atoms with Crippen LogP contribution in [0.4, 0.5) is 0 Å². The zero-order valence-corrected chi connectivity index (χ0v) is 12.9. The SMILES string of the molecule is C1=CCCC=CCC1.C1=CCCC=CCC1.[Pt+2]. The summed E-state index contributed by atoms with van der Waals surface area (Å²) in [7, 11) is 0. The average molecular weight is 411 g/mol. The van der Waals surface area contributed by atoms with Gasteiger partial charge in [0.1, 0.15) is 0 Å². The van der Waals surface area contributed by atoms with Crippen LogP contribution >= 0.6 is 0 Å². The van der Waals surface area contributed by atoms with Gasteiger partial charge in [-0.3, -0.25) is 0 Å². The third-order valence-corrected chi connectivity index (χ3v) is 2.67. The van der Waals surface area contributed by atoms with Crippen LogP contribution in [0.1, 0.15) is 51.4 Å². The third kappa shape index (κ3) is 11.9. The minimum absolute atomic E-state index is 0. The van der Waals surface area contributed by atoms with Crippen molar-refractivity contribution in [1.82, 2.24) is 0 Å². The summed E-state index contributed by atoms with van der Waals surface area (Å²) in [4.78, 5) is 0. The average Bonchev–Trinajstić information content (AvgIpc) is 2.15. The normalized spacial score (nSPS) is 18.8. The summed E-state index contributed by atoms with van der Waals surface area (Å²) >= 11 is 0. The Labute approximate surface area is 121 Å². The van der Waals surface area contributed by atoms with Crippen LogP contribution in [0.15, 0.2) is 48.6 Å². The largest absolute Gasteiger partial charge is 2.00 e. The van der Waals surface area contributed by atoms with Gasteiger partial charge in [-0.05, 0) is 51.4 Å². The van der Waals surface area contributed by atoms with E-state index >= 15 is 0 Å². The Hall–Kier alpha value is -0.352. The van der Waals surface area contributed by atoms with Crippen LogP contribution < -0.4 is 0 Å². The Kier molecular flexibility index (Phi) is 13.4. The van der Waals surface area contributed by atoms with E-state index in [1.165, 1.54) is 51.4 Å². The van der Waals surface area contributed by atoms with E-state index < -0.39 is 0 Å². The van der Waals surface area contributed by atoms with Crippen molar-refractivity contribution in [3.8, 4) is 0 Å². The van der Waals surface area contributed by atoms with Gasteiger partial charge >= 0.3 is 21.1 Å². The maximum Gasteiger partial charge on any atom is 2.00 e. The monoisotopic (exact) mass is 411 g/mol. The second-order valence-electron chi connectivity index (χ2n) is 4.20. The molecule has 0 spiro atoms. The Morgan fingerprint density at radius 2 is 0.412 bits per heavy atom. The molecule has 0 saturated heterocycles. The van der Waals surface area contributed by atoms with Crippen molar-refractivity contribution >= 4 is 0 Å². The Morgan fingerprint density at radius 1 is 0.294 bits per heavy atom. The van der Waals surface area contributed by atoms with Gasteiger partial charge in [0.2, 0.25) is 0 Å². The maximum absolute atomic E-state index is 2.27. The summed E-state index contributed by atoms with van der Waals surface area (Å²) < 4.78 is 0. The molecule has 0 atom stereocenters. The Bertz CT molecular complexity index is 179. The van der Waals surface area contributed by atoms with Crippen molar-refractivity contribution < 1.29 is 21.1 Å². The zero-order valence-electron chi connectivity index (χ0n) is 10.6. The first-order valence-corrected chi connectivity index (χ1v) is 6.60. The third-order valence-electron chi connectivity index (χ3n) is 2.67. The van der Waals surface area contributed by atoms with Gasteiger partial charge in [-0.15, -0.1) is 0 Å². The predicted molar refractivity (Wildman–Crippen MR) is 73.5 cm³/mol. The molecule has 17 heavy (non-hydrogen) atoms. The van der Waals surface area contributed by atoms with E-state index in [1.54, 1.807) is 0 Å². The summed E-state index contributed by atoms with van der Waals surface area (Å²) in [6, 6.07) is 0. The smallest absolute Gasteiger partial charge is 0.0882 e. The standard InChI is InChI=1S/2C8H12.Pt/c2*1-2-4-6-8-7-5-3-1;/h2*1-2,7-8H,3-6H2;/q;;+2. The van der Waals surface area contributed by atoms with Gasteiger partial charge in [-0.1, -0.05) is 48.6 Å². The summed E-state index contributed by atoms with van der Waals surface area (Å²) in [5.41, 5.74) is 0. The van der Waals surface area contributed by atoms with E-state index in [2.05, 4.69) is 48.6 Å². The summed E-state index contributed by atoms with van der Waals surface area (Å²) in [6.07, 6.45) is 28.0. The summed E-state index contributed by atoms with van der Waals surface area (Å²) in [6.45, 7) is 0. The fraction of sp³-hybridized carbons (Fsp3) is 0.500. The van der Waals surface area contributed by atoms with Gasteiger partial charge in [-0.25, -0.2) is 0 Å². The first-order valence-electron chi connectivity index (χ1n) is 6.60. The number of allylic oxidation sites excluding steroid dienone is 8. The van der Waals surface area contributed by atoms with Crippen molar-refractivity contribution in [3.63, 3.8) is 0 Å². The molecule has 0 aromatic rings. The minimum atomic E-state index is 0. The van der Waals surface area contributed by atoms with Crippen molar-refractivity contribution in [2.75, 3.05) is 0 Å². The second-order valence-corrected chi connectivity index (χ2v) is 4.20. The minimum Gasteiger partial charge on any atom is -0.0882 e. The molecule has 0 fully saturated rings. The fourth-order valence-corrected chi connectivity index (χ4v) is 1.71. The van der Waals surface area contributed by atoms with E-state index in [1.807, 2.05) is 0 Å². The van der Waals surface area contributed by atoms with Crippen molar-refractivity contribution in [3.05, 3.63) is 48.6 Å². The van der Waals surface area contributed by atoms with Crippen LogP contribution in [0, 0.1) is 0 Å². The van der Waals surface area contributed by atoms with Gasteiger partial charge in [0.15, 0.2) is 0 Å². The number of hydrogen-bond donors (Lipinski definition) is 0. The zero-order chi connectivity index (χ0) is 11.3. The van der Waals surface area contributed by atoms with Crippen LogP contribution in [0.25, 0.3) is 0 Å². The van der Waals surface area contributed by atoms with Crippen LogP contribution in [-0.2, 0) is 21.1 Å². The molecular weight excluding hydrogens is 387 g/mol. The van der Waals surface area contributed by atoms with Crippen molar-refractivity contribution in [2.45, 2.75) is 51.4 Å². The molecule has 2 aliphatic carbocycles. The van der Waals surface area contributed by atoms with Crippen molar-refractivity contribution in [1.29, 1.82) is 0 Å². The van der Waals surface area contributed by atoms with Gasteiger partial charge in [0.25, 0.3) is 0 Å². The molecule has 0 radical (unpaired) electrons. The first kappa shape index (κ1) is 16.6. The van der Waals surface area contributed by atoms with Gasteiger partial charge in [-0.2, -0.15) is 0 Å². The molecule has 0 nitrogen and oxygen atoms in total. The predicted octanol–water partition coefficient (Wildman–Crippen LogP) is 5.34. The molecule has 2 rings (SSSR count). The van der Waals surface area contributed by atoms with Gasteiger partial charge in [0, 0.05) is 0 Å². The molecule has 0 heterocycles. The van der Waals surface area contributed by atoms with E-state index in [9.17, 15) is 0 Å². The summed E-state index contributed by atoms with van der Waals surface area (Å²) in [5.74, 6) is 0. The molecule has 0 N–H and O–H groups in total. The molecule has 0 bridgehead atoms. The van der Waals surface area contributed by atoms with E-state index in [-0.39, 0.29) is 21.1 Å². The topological polar surface area (TPSA) is 0 Å². The molecule has 1 heteroatoms. The quantitative estimate of drug-likeness (QED) is 0.472. The molecule has 0 aliphatic heterocycles. The van der Waals surface area contributed by atoms with Gasteiger partial charge < -0.3 is 0 Å².